The molecule has 0 spiro atoms. The van der Waals surface area contributed by atoms with Gasteiger partial charge in [0.15, 0.2) is 0 Å². The van der Waals surface area contributed by atoms with Gasteiger partial charge >= 0.3 is 12.7 Å². The SMILES string of the molecule is Cc1cc(C)c([B-](c2c(C)cc(C)cc2C)(c2c(C)cc(C)cc2C)c2c(C)cc(C)cc2C)c(C)c1.FC(F)(F)Oc1cc(OC(F)(F)F)cc([PH+](C2CCCCC2)C2CCCCC2)c1. The molecule has 2 fully saturated rings. The van der Waals surface area contributed by atoms with Crippen LogP contribution in [0, 0.1) is 83.1 Å². The van der Waals surface area contributed by atoms with Crippen molar-refractivity contribution in [1.29, 1.82) is 0 Å². The number of rotatable bonds is 9. The van der Waals surface area contributed by atoms with Gasteiger partial charge in [0.1, 0.15) is 17.6 Å². The van der Waals surface area contributed by atoms with Crippen molar-refractivity contribution < 1.29 is 35.8 Å². The Morgan fingerprint density at radius 3 is 0.848 bits per heavy atom. The van der Waals surface area contributed by atoms with Crippen molar-refractivity contribution in [1.82, 2.24) is 0 Å². The van der Waals surface area contributed by atoms with Gasteiger partial charge in [-0.15, -0.1) is 26.3 Å². The summed E-state index contributed by atoms with van der Waals surface area (Å²) in [4.78, 5) is 0. The molecular weight excluding hydrogens is 860 g/mol. The van der Waals surface area contributed by atoms with Crippen LogP contribution in [0.3, 0.4) is 0 Å². The molecule has 0 N–H and O–H groups in total. The standard InChI is InChI=1S/C36H44B.C20H25F6O2P/c1-21-13-25(5)33(26(6)14-21)37(34-27(7)15-22(2)16-28(34)8,35-29(9)17-23(3)18-30(35)10)36-31(11)19-24(4)20-32(36)12;21-19(22,23)27-14-11-15(28-20(24,25)26)13-18(12-14)29(16-7-3-1-4-8-16)17-9-5-2-6-10-17/h13-20H,1-12H3;11-13,16-17H,1-10H2/q-1;/p+1. The molecule has 2 saturated carbocycles. The molecule has 5 aromatic carbocycles. The van der Waals surface area contributed by atoms with Crippen LogP contribution < -0.4 is 36.6 Å². The van der Waals surface area contributed by atoms with Crippen LogP contribution in [0.5, 0.6) is 11.5 Å². The topological polar surface area (TPSA) is 18.5 Å². The highest BCUT2D eigenvalue weighted by Crippen LogP contribution is 2.55. The van der Waals surface area contributed by atoms with Crippen molar-refractivity contribution in [2.24, 2.45) is 0 Å². The van der Waals surface area contributed by atoms with E-state index in [9.17, 15) is 26.3 Å². The molecule has 2 aliphatic rings. The molecule has 0 radical (unpaired) electrons. The molecule has 0 saturated heterocycles. The predicted octanol–water partition coefficient (Wildman–Crippen LogP) is 13.8. The van der Waals surface area contributed by atoms with Crippen LogP contribution in [0.1, 0.15) is 131 Å². The van der Waals surface area contributed by atoms with E-state index in [2.05, 4.69) is 141 Å². The Morgan fingerprint density at radius 2 is 0.621 bits per heavy atom. The monoisotopic (exact) mass is 931 g/mol. The first-order valence-electron chi connectivity index (χ1n) is 23.9. The first-order chi connectivity index (χ1) is 30.9. The number of alkyl halides is 6. The maximum Gasteiger partial charge on any atom is 0.573 e. The van der Waals surface area contributed by atoms with E-state index in [0.717, 1.165) is 64.2 Å². The molecule has 10 heteroatoms. The van der Waals surface area contributed by atoms with Crippen molar-refractivity contribution >= 4 is 41.2 Å². The lowest BCUT2D eigenvalue weighted by Crippen LogP contribution is -2.78. The highest BCUT2D eigenvalue weighted by molar-refractivity contribution is 7.67. The number of halogens is 6. The Labute approximate surface area is 392 Å². The second-order valence-corrected chi connectivity index (χ2v) is 23.2. The molecule has 2 nitrogen and oxygen atoms in total. The lowest BCUT2D eigenvalue weighted by Gasteiger charge is -2.51. The third-order valence-corrected chi connectivity index (χ3v) is 18.3. The number of hydrogen-bond donors (Lipinski definition) is 0. The zero-order chi connectivity index (χ0) is 48.5. The summed E-state index contributed by atoms with van der Waals surface area (Å²) in [6.45, 7) is 27.6. The third kappa shape index (κ3) is 11.5. The summed E-state index contributed by atoms with van der Waals surface area (Å²) >= 11 is 0. The quantitative estimate of drug-likeness (QED) is 0.0833. The Kier molecular flexibility index (Phi) is 15.9. The highest BCUT2D eigenvalue weighted by Gasteiger charge is 2.43. The fourth-order valence-electron chi connectivity index (χ4n) is 13.1. The third-order valence-electron chi connectivity index (χ3n) is 14.5. The number of benzene rings is 5. The number of ether oxygens (including phenoxy) is 2. The highest BCUT2D eigenvalue weighted by atomic mass is 31.1. The molecule has 0 atom stereocenters. The molecule has 5 aromatic rings. The largest absolute Gasteiger partial charge is 0.573 e. The molecule has 7 rings (SSSR count). The van der Waals surface area contributed by atoms with Gasteiger partial charge in [0, 0.05) is 26.1 Å². The molecule has 0 amide bonds. The molecule has 356 valence electrons. The second-order valence-electron chi connectivity index (χ2n) is 20.0. The van der Waals surface area contributed by atoms with Crippen molar-refractivity contribution in [2.75, 3.05) is 0 Å². The molecule has 0 aliphatic heterocycles. The van der Waals surface area contributed by atoms with E-state index in [1.165, 1.54) is 101 Å². The Morgan fingerprint density at radius 1 is 0.379 bits per heavy atom. The van der Waals surface area contributed by atoms with Crippen molar-refractivity contribution in [2.45, 2.75) is 171 Å². The van der Waals surface area contributed by atoms with E-state index in [-0.39, 0.29) is 0 Å². The van der Waals surface area contributed by atoms with E-state index >= 15 is 0 Å². The molecule has 0 bridgehead atoms. The van der Waals surface area contributed by atoms with Crippen LogP contribution in [-0.2, 0) is 0 Å². The van der Waals surface area contributed by atoms with E-state index in [1.54, 1.807) is 0 Å². The first-order valence-corrected chi connectivity index (χ1v) is 25.6. The normalized spacial score (nSPS) is 15.4. The summed E-state index contributed by atoms with van der Waals surface area (Å²) in [6, 6.07) is 22.5. The average molecular weight is 931 g/mol. The van der Waals surface area contributed by atoms with Gasteiger partial charge in [-0.2, -0.15) is 21.9 Å². The molecule has 0 heterocycles. The molecular formula is C56H70BF6O2P. The zero-order valence-corrected chi connectivity index (χ0v) is 42.2. The van der Waals surface area contributed by atoms with Crippen molar-refractivity contribution in [3.05, 3.63) is 133 Å². The molecule has 66 heavy (non-hydrogen) atoms. The van der Waals surface area contributed by atoms with Gasteiger partial charge in [0.2, 0.25) is 0 Å². The van der Waals surface area contributed by atoms with Crippen LogP contribution in [0.4, 0.5) is 26.3 Å². The van der Waals surface area contributed by atoms with Crippen LogP contribution in [0.15, 0.2) is 66.7 Å². The first kappa shape index (κ1) is 51.2. The Hall–Kier alpha value is -4.23. The van der Waals surface area contributed by atoms with Crippen LogP contribution in [-0.4, -0.2) is 30.2 Å². The summed E-state index contributed by atoms with van der Waals surface area (Å²) < 4.78 is 84.6. The summed E-state index contributed by atoms with van der Waals surface area (Å²) in [5.74, 6) is -1.27. The van der Waals surface area contributed by atoms with Gasteiger partial charge in [-0.3, -0.25) is 0 Å². The Balaban J connectivity index is 0.000000225. The maximum absolute atomic E-state index is 12.8. The minimum Gasteiger partial charge on any atom is -0.405 e. The van der Waals surface area contributed by atoms with E-state index in [0.29, 0.717) is 22.7 Å². The van der Waals surface area contributed by atoms with Gasteiger partial charge in [0.25, 0.3) is 0 Å². The fourth-order valence-corrected chi connectivity index (χ4v) is 17.4. The van der Waals surface area contributed by atoms with E-state index < -0.39 is 38.3 Å². The van der Waals surface area contributed by atoms with Crippen LogP contribution in [0.25, 0.3) is 0 Å². The van der Waals surface area contributed by atoms with Gasteiger partial charge in [-0.25, -0.2) is 0 Å². The van der Waals surface area contributed by atoms with Gasteiger partial charge < -0.3 is 9.47 Å². The van der Waals surface area contributed by atoms with Crippen molar-refractivity contribution in [3.8, 4) is 11.5 Å². The summed E-state index contributed by atoms with van der Waals surface area (Å²) in [6.07, 6.45) is -0.933. The average Bonchev–Trinajstić information content (AvgIpc) is 3.16. The summed E-state index contributed by atoms with van der Waals surface area (Å²) in [7, 11) is -1.37. The molecule has 0 unspecified atom stereocenters. The molecule has 0 aromatic heterocycles. The van der Waals surface area contributed by atoms with Crippen LogP contribution >= 0.6 is 7.92 Å². The minimum atomic E-state index is -4.98. The Bertz CT molecular complexity index is 2150. The maximum atomic E-state index is 12.8. The summed E-state index contributed by atoms with van der Waals surface area (Å²) in [5, 5.41) is 0.565. The van der Waals surface area contributed by atoms with Gasteiger partial charge in [-0.05, 0) is 134 Å². The smallest absolute Gasteiger partial charge is 0.405 e. The van der Waals surface area contributed by atoms with Gasteiger partial charge in [-0.1, -0.05) is 128 Å². The number of aryl methyl sites for hydroxylation is 12. The van der Waals surface area contributed by atoms with E-state index in [1.807, 2.05) is 0 Å². The van der Waals surface area contributed by atoms with Crippen molar-refractivity contribution in [3.63, 3.8) is 0 Å². The zero-order valence-electron chi connectivity index (χ0n) is 41.2. The molecule has 2 aliphatic carbocycles. The van der Waals surface area contributed by atoms with Crippen LogP contribution in [0.2, 0.25) is 0 Å². The fraction of sp³-hybridized carbons (Fsp3) is 0.464. The lowest BCUT2D eigenvalue weighted by atomic mass is 9.10. The lowest BCUT2D eigenvalue weighted by molar-refractivity contribution is -0.276. The summed E-state index contributed by atoms with van der Waals surface area (Å²) in [5.41, 5.74) is 23.1. The minimum absolute atomic E-state index is 0.358. The van der Waals surface area contributed by atoms with Gasteiger partial charge in [0.05, 0.1) is 16.6 Å². The van der Waals surface area contributed by atoms with E-state index in [4.69, 9.17) is 0 Å². The predicted molar refractivity (Wildman–Crippen MR) is 268 cm³/mol. The number of hydrogen-bond acceptors (Lipinski definition) is 2. The second kappa shape index (κ2) is 20.6.